The van der Waals surface area contributed by atoms with Crippen LogP contribution in [0.25, 0.3) is 0 Å². The van der Waals surface area contributed by atoms with E-state index in [0.29, 0.717) is 22.2 Å². The Kier molecular flexibility index (Phi) is 4.10. The van der Waals surface area contributed by atoms with E-state index in [2.05, 4.69) is 5.32 Å². The zero-order valence-corrected chi connectivity index (χ0v) is 11.3. The third-order valence-electron chi connectivity index (χ3n) is 2.60. The number of hydrogen-bond acceptors (Lipinski definition) is 1. The fourth-order valence-electron chi connectivity index (χ4n) is 1.63. The van der Waals surface area contributed by atoms with Crippen molar-refractivity contribution in [3.63, 3.8) is 0 Å². The Morgan fingerprint density at radius 3 is 2.56 bits per heavy atom. The van der Waals surface area contributed by atoms with Crippen LogP contribution in [0.1, 0.15) is 11.1 Å². The van der Waals surface area contributed by atoms with E-state index in [9.17, 15) is 4.39 Å². The Morgan fingerprint density at radius 1 is 1.06 bits per heavy atom. The summed E-state index contributed by atoms with van der Waals surface area (Å²) in [5, 5.41) is 4.32. The second-order valence-corrected chi connectivity index (χ2v) is 4.89. The van der Waals surface area contributed by atoms with E-state index in [-0.39, 0.29) is 5.82 Å². The first-order valence-electron chi connectivity index (χ1n) is 5.50. The monoisotopic (exact) mass is 283 g/mol. The lowest BCUT2D eigenvalue weighted by Gasteiger charge is -2.10. The predicted molar refractivity (Wildman–Crippen MR) is 74.9 cm³/mol. The van der Waals surface area contributed by atoms with Crippen molar-refractivity contribution in [2.45, 2.75) is 13.5 Å². The largest absolute Gasteiger partial charge is 0.380 e. The van der Waals surface area contributed by atoms with Crippen molar-refractivity contribution in [1.82, 2.24) is 0 Å². The highest BCUT2D eigenvalue weighted by Crippen LogP contribution is 2.24. The molecule has 0 fully saturated rings. The van der Waals surface area contributed by atoms with Gasteiger partial charge in [0.05, 0.1) is 10.7 Å². The SMILES string of the molecule is Cc1ccc(NCc2cc(F)ccc2Cl)c(Cl)c1. The molecule has 0 aliphatic rings. The summed E-state index contributed by atoms with van der Waals surface area (Å²) in [6, 6.07) is 10.0. The minimum absolute atomic E-state index is 0.300. The fourth-order valence-corrected chi connectivity index (χ4v) is 2.12. The number of halogens is 3. The zero-order valence-electron chi connectivity index (χ0n) is 9.81. The smallest absolute Gasteiger partial charge is 0.123 e. The molecule has 94 valence electrons. The molecule has 2 aromatic carbocycles. The van der Waals surface area contributed by atoms with Gasteiger partial charge in [0.15, 0.2) is 0 Å². The van der Waals surface area contributed by atoms with Gasteiger partial charge in [0.2, 0.25) is 0 Å². The summed E-state index contributed by atoms with van der Waals surface area (Å²) in [5.41, 5.74) is 2.60. The Bertz CT molecular complexity index is 570. The number of rotatable bonds is 3. The lowest BCUT2D eigenvalue weighted by atomic mass is 10.2. The highest BCUT2D eigenvalue weighted by molar-refractivity contribution is 6.33. The summed E-state index contributed by atoms with van der Waals surface area (Å²) >= 11 is 12.1. The van der Waals surface area contributed by atoms with Crippen LogP contribution in [-0.2, 0) is 6.54 Å². The van der Waals surface area contributed by atoms with Gasteiger partial charge in [-0.1, -0.05) is 29.3 Å². The topological polar surface area (TPSA) is 12.0 Å². The first-order valence-corrected chi connectivity index (χ1v) is 6.26. The van der Waals surface area contributed by atoms with E-state index < -0.39 is 0 Å². The van der Waals surface area contributed by atoms with Gasteiger partial charge < -0.3 is 5.32 Å². The zero-order chi connectivity index (χ0) is 13.1. The number of hydrogen-bond donors (Lipinski definition) is 1. The number of anilines is 1. The Hall–Kier alpha value is -1.25. The predicted octanol–water partition coefficient (Wildman–Crippen LogP) is 5.05. The highest BCUT2D eigenvalue weighted by Gasteiger charge is 2.04. The van der Waals surface area contributed by atoms with Crippen LogP contribution in [0, 0.1) is 12.7 Å². The molecule has 0 aliphatic carbocycles. The molecule has 1 N–H and O–H groups in total. The molecule has 0 saturated carbocycles. The summed E-state index contributed by atoms with van der Waals surface area (Å²) in [4.78, 5) is 0. The Balaban J connectivity index is 2.13. The molecule has 0 saturated heterocycles. The van der Waals surface area contributed by atoms with Gasteiger partial charge >= 0.3 is 0 Å². The molecule has 0 heterocycles. The summed E-state index contributed by atoms with van der Waals surface area (Å²) < 4.78 is 13.1. The van der Waals surface area contributed by atoms with E-state index in [0.717, 1.165) is 11.3 Å². The van der Waals surface area contributed by atoms with Crippen molar-refractivity contribution < 1.29 is 4.39 Å². The third kappa shape index (κ3) is 3.15. The fraction of sp³-hybridized carbons (Fsp3) is 0.143. The minimum atomic E-state index is -0.300. The molecule has 0 atom stereocenters. The van der Waals surface area contributed by atoms with Gasteiger partial charge in [0.1, 0.15) is 5.82 Å². The molecule has 0 radical (unpaired) electrons. The maximum Gasteiger partial charge on any atom is 0.123 e. The lowest BCUT2D eigenvalue weighted by Crippen LogP contribution is -2.01. The van der Waals surface area contributed by atoms with Crippen molar-refractivity contribution >= 4 is 28.9 Å². The Morgan fingerprint density at radius 2 is 1.83 bits per heavy atom. The van der Waals surface area contributed by atoms with Crippen LogP contribution in [0.5, 0.6) is 0 Å². The molecule has 2 aromatic rings. The molecular formula is C14H12Cl2FN. The van der Waals surface area contributed by atoms with E-state index in [1.807, 2.05) is 25.1 Å². The van der Waals surface area contributed by atoms with E-state index >= 15 is 0 Å². The molecule has 0 bridgehead atoms. The number of nitrogens with one attached hydrogen (secondary N) is 1. The summed E-state index contributed by atoms with van der Waals surface area (Å²) in [7, 11) is 0. The van der Waals surface area contributed by atoms with Crippen LogP contribution in [0.2, 0.25) is 10.0 Å². The van der Waals surface area contributed by atoms with Crippen molar-refractivity contribution in [3.8, 4) is 0 Å². The Labute approximate surface area is 116 Å². The van der Waals surface area contributed by atoms with Gasteiger partial charge in [-0.15, -0.1) is 0 Å². The lowest BCUT2D eigenvalue weighted by molar-refractivity contribution is 0.626. The van der Waals surface area contributed by atoms with Crippen molar-refractivity contribution in [3.05, 3.63) is 63.4 Å². The van der Waals surface area contributed by atoms with Gasteiger partial charge in [0.25, 0.3) is 0 Å². The molecule has 18 heavy (non-hydrogen) atoms. The molecule has 2 rings (SSSR count). The van der Waals surface area contributed by atoms with E-state index in [1.54, 1.807) is 6.07 Å². The van der Waals surface area contributed by atoms with Gasteiger partial charge in [-0.05, 0) is 48.4 Å². The summed E-state index contributed by atoms with van der Waals surface area (Å²) in [6.45, 7) is 2.40. The molecule has 0 aliphatic heterocycles. The first-order chi connectivity index (χ1) is 8.56. The molecule has 4 heteroatoms. The van der Waals surface area contributed by atoms with Gasteiger partial charge in [-0.2, -0.15) is 0 Å². The maximum atomic E-state index is 13.1. The summed E-state index contributed by atoms with van der Waals surface area (Å²) in [5.74, 6) is -0.300. The second kappa shape index (κ2) is 5.59. The normalized spacial score (nSPS) is 10.4. The van der Waals surface area contributed by atoms with Crippen LogP contribution in [-0.4, -0.2) is 0 Å². The average Bonchev–Trinajstić information content (AvgIpc) is 2.32. The molecule has 0 amide bonds. The second-order valence-electron chi connectivity index (χ2n) is 4.07. The van der Waals surface area contributed by atoms with Gasteiger partial charge in [0, 0.05) is 11.6 Å². The minimum Gasteiger partial charge on any atom is -0.380 e. The van der Waals surface area contributed by atoms with E-state index in [1.165, 1.54) is 12.1 Å². The number of aryl methyl sites for hydroxylation is 1. The van der Waals surface area contributed by atoms with Crippen LogP contribution in [0.3, 0.4) is 0 Å². The first kappa shape index (κ1) is 13.2. The van der Waals surface area contributed by atoms with Crippen LogP contribution in [0.4, 0.5) is 10.1 Å². The van der Waals surface area contributed by atoms with Crippen molar-refractivity contribution in [2.75, 3.05) is 5.32 Å². The highest BCUT2D eigenvalue weighted by atomic mass is 35.5. The average molecular weight is 284 g/mol. The summed E-state index contributed by atoms with van der Waals surface area (Å²) in [6.07, 6.45) is 0. The quantitative estimate of drug-likeness (QED) is 0.831. The molecule has 0 aromatic heterocycles. The van der Waals surface area contributed by atoms with Crippen molar-refractivity contribution in [2.24, 2.45) is 0 Å². The van der Waals surface area contributed by atoms with Crippen molar-refractivity contribution in [1.29, 1.82) is 0 Å². The maximum absolute atomic E-state index is 13.1. The molecule has 0 unspecified atom stereocenters. The van der Waals surface area contributed by atoms with Crippen LogP contribution in [0.15, 0.2) is 36.4 Å². The van der Waals surface area contributed by atoms with Gasteiger partial charge in [-0.25, -0.2) is 4.39 Å². The molecule has 1 nitrogen and oxygen atoms in total. The molecule has 0 spiro atoms. The standard InChI is InChI=1S/C14H12Cl2FN/c1-9-2-5-14(13(16)6-9)18-8-10-7-11(17)3-4-12(10)15/h2-7,18H,8H2,1H3. The number of benzene rings is 2. The molecular weight excluding hydrogens is 272 g/mol. The van der Waals surface area contributed by atoms with Crippen LogP contribution >= 0.6 is 23.2 Å². The van der Waals surface area contributed by atoms with Gasteiger partial charge in [-0.3, -0.25) is 0 Å². The van der Waals surface area contributed by atoms with Crippen LogP contribution < -0.4 is 5.32 Å². The van der Waals surface area contributed by atoms with E-state index in [4.69, 9.17) is 23.2 Å². The third-order valence-corrected chi connectivity index (χ3v) is 3.28.